The van der Waals surface area contributed by atoms with Gasteiger partial charge in [-0.1, -0.05) is 0 Å². The minimum absolute atomic E-state index is 0.227. The minimum atomic E-state index is -0.630. The molecule has 1 aromatic rings. The number of nitrogens with zero attached hydrogens (tertiary/aromatic N) is 1. The number of hydrogen-bond donors (Lipinski definition) is 2. The summed E-state index contributed by atoms with van der Waals surface area (Å²) in [6.45, 7) is 2.26. The fourth-order valence-corrected chi connectivity index (χ4v) is 2.52. The van der Waals surface area contributed by atoms with Gasteiger partial charge < -0.3 is 19.6 Å². The van der Waals surface area contributed by atoms with Crippen molar-refractivity contribution < 1.29 is 23.8 Å². The third kappa shape index (κ3) is 3.62. The van der Waals surface area contributed by atoms with Crippen LogP contribution in [0.2, 0.25) is 0 Å². The summed E-state index contributed by atoms with van der Waals surface area (Å²) in [6, 6.07) is 2.38. The Bertz CT molecular complexity index is 488. The Morgan fingerprint density at radius 2 is 2.38 bits per heavy atom. The average molecular weight is 296 g/mol. The van der Waals surface area contributed by atoms with Crippen molar-refractivity contribution in [2.24, 2.45) is 0 Å². The predicted molar refractivity (Wildman–Crippen MR) is 73.2 cm³/mol. The van der Waals surface area contributed by atoms with Crippen molar-refractivity contribution in [2.75, 3.05) is 13.7 Å². The van der Waals surface area contributed by atoms with Crippen molar-refractivity contribution in [3.8, 4) is 0 Å². The molecule has 2 rings (SSSR count). The maximum Gasteiger partial charge on any atom is 0.323 e. The van der Waals surface area contributed by atoms with E-state index in [0.29, 0.717) is 5.76 Å². The van der Waals surface area contributed by atoms with E-state index in [1.54, 1.807) is 24.0 Å². The van der Waals surface area contributed by atoms with Crippen LogP contribution in [-0.2, 0) is 20.9 Å². The van der Waals surface area contributed by atoms with Crippen LogP contribution in [0.3, 0.4) is 0 Å². The highest BCUT2D eigenvalue weighted by Crippen LogP contribution is 2.21. The first kappa shape index (κ1) is 15.5. The number of carbonyl (C=O) groups excluding carboxylic acids is 2. The van der Waals surface area contributed by atoms with Gasteiger partial charge in [-0.25, -0.2) is 0 Å². The molecule has 0 radical (unpaired) electrons. The zero-order valence-electron chi connectivity index (χ0n) is 12.1. The van der Waals surface area contributed by atoms with E-state index < -0.39 is 24.2 Å². The van der Waals surface area contributed by atoms with Crippen molar-refractivity contribution in [3.63, 3.8) is 0 Å². The van der Waals surface area contributed by atoms with Gasteiger partial charge in [-0.15, -0.1) is 0 Å². The molecule has 0 aromatic carbocycles. The molecule has 7 nitrogen and oxygen atoms in total. The lowest BCUT2D eigenvalue weighted by atomic mass is 10.2. The number of furan rings is 1. The van der Waals surface area contributed by atoms with E-state index in [2.05, 4.69) is 5.32 Å². The molecule has 3 atom stereocenters. The molecular formula is C14H20N2O5. The van der Waals surface area contributed by atoms with Crippen LogP contribution in [0.5, 0.6) is 0 Å². The molecule has 1 amide bonds. The Balaban J connectivity index is 1.95. The molecule has 2 N–H and O–H groups in total. The van der Waals surface area contributed by atoms with Gasteiger partial charge in [0.05, 0.1) is 32.1 Å². The van der Waals surface area contributed by atoms with Gasteiger partial charge in [-0.2, -0.15) is 0 Å². The van der Waals surface area contributed by atoms with Crippen LogP contribution in [0.25, 0.3) is 0 Å². The first-order valence-electron chi connectivity index (χ1n) is 6.84. The fraction of sp³-hybridized carbons (Fsp3) is 0.571. The highest BCUT2D eigenvalue weighted by atomic mass is 16.5. The van der Waals surface area contributed by atoms with E-state index >= 15 is 0 Å². The van der Waals surface area contributed by atoms with Gasteiger partial charge in [0.2, 0.25) is 5.91 Å². The number of esters is 1. The van der Waals surface area contributed by atoms with Gasteiger partial charge in [0.1, 0.15) is 11.8 Å². The van der Waals surface area contributed by atoms with Crippen LogP contribution in [0, 0.1) is 0 Å². The third-order valence-corrected chi connectivity index (χ3v) is 3.68. The molecule has 0 saturated carbocycles. The quantitative estimate of drug-likeness (QED) is 0.737. The number of ether oxygens (including phenoxy) is 1. The number of nitrogens with one attached hydrogen (secondary N) is 1. The molecule has 0 spiro atoms. The van der Waals surface area contributed by atoms with Gasteiger partial charge in [-0.3, -0.25) is 14.5 Å². The Morgan fingerprint density at radius 1 is 1.62 bits per heavy atom. The molecule has 3 unspecified atom stereocenters. The lowest BCUT2D eigenvalue weighted by Gasteiger charge is -2.27. The SMILES string of the molecule is COC(=O)C1CC(O)CN1C(C)C(=O)NCc1ccco1. The van der Waals surface area contributed by atoms with Crippen molar-refractivity contribution in [2.45, 2.75) is 38.1 Å². The monoisotopic (exact) mass is 296 g/mol. The van der Waals surface area contributed by atoms with Gasteiger partial charge >= 0.3 is 5.97 Å². The van der Waals surface area contributed by atoms with Crippen LogP contribution in [-0.4, -0.2) is 53.7 Å². The van der Waals surface area contributed by atoms with E-state index in [9.17, 15) is 14.7 Å². The number of hydrogen-bond acceptors (Lipinski definition) is 6. The Kier molecular flexibility index (Phi) is 4.98. The normalized spacial score (nSPS) is 23.8. The molecular weight excluding hydrogens is 276 g/mol. The number of aliphatic hydroxyl groups is 1. The van der Waals surface area contributed by atoms with Gasteiger partial charge in [0, 0.05) is 13.0 Å². The summed E-state index contributed by atoms with van der Waals surface area (Å²) in [5, 5.41) is 12.5. The third-order valence-electron chi connectivity index (χ3n) is 3.68. The van der Waals surface area contributed by atoms with Crippen molar-refractivity contribution in [1.29, 1.82) is 0 Å². The zero-order chi connectivity index (χ0) is 15.4. The van der Waals surface area contributed by atoms with E-state index in [4.69, 9.17) is 9.15 Å². The van der Waals surface area contributed by atoms with Gasteiger partial charge in [0.25, 0.3) is 0 Å². The van der Waals surface area contributed by atoms with Crippen LogP contribution in [0.4, 0.5) is 0 Å². The van der Waals surface area contributed by atoms with Crippen LogP contribution >= 0.6 is 0 Å². The topological polar surface area (TPSA) is 92.0 Å². The molecule has 21 heavy (non-hydrogen) atoms. The molecule has 1 aliphatic rings. The Morgan fingerprint density at radius 3 is 3.00 bits per heavy atom. The lowest BCUT2D eigenvalue weighted by molar-refractivity contribution is -0.147. The maximum absolute atomic E-state index is 12.2. The van der Waals surface area contributed by atoms with Gasteiger partial charge in [0.15, 0.2) is 0 Å². The molecule has 116 valence electrons. The molecule has 1 saturated heterocycles. The first-order valence-corrected chi connectivity index (χ1v) is 6.84. The van der Waals surface area contributed by atoms with Crippen molar-refractivity contribution >= 4 is 11.9 Å². The number of methoxy groups -OCH3 is 1. The van der Waals surface area contributed by atoms with E-state index in [0.717, 1.165) is 0 Å². The number of rotatable bonds is 5. The second-order valence-electron chi connectivity index (χ2n) is 5.10. The van der Waals surface area contributed by atoms with Crippen LogP contribution in [0.1, 0.15) is 19.1 Å². The summed E-state index contributed by atoms with van der Waals surface area (Å²) in [6.07, 6.45) is 1.19. The Labute approximate surface area is 122 Å². The summed E-state index contributed by atoms with van der Waals surface area (Å²) in [5.74, 6) is -0.00633. The summed E-state index contributed by atoms with van der Waals surface area (Å²) in [4.78, 5) is 25.5. The lowest BCUT2D eigenvalue weighted by Crippen LogP contribution is -2.49. The molecule has 0 bridgehead atoms. The molecule has 7 heteroatoms. The highest BCUT2D eigenvalue weighted by molar-refractivity contribution is 5.83. The maximum atomic E-state index is 12.2. The number of likely N-dealkylation sites (tertiary alicyclic amines) is 1. The van der Waals surface area contributed by atoms with Crippen LogP contribution in [0.15, 0.2) is 22.8 Å². The minimum Gasteiger partial charge on any atom is -0.468 e. The molecule has 1 aromatic heterocycles. The van der Waals surface area contributed by atoms with E-state index in [1.807, 2.05) is 0 Å². The van der Waals surface area contributed by atoms with Crippen molar-refractivity contribution in [3.05, 3.63) is 24.2 Å². The molecule has 2 heterocycles. The number of β-amino-alcohol motifs (C(OH)–C–C–N with tert-alkyl or cyclic N) is 1. The second kappa shape index (κ2) is 6.73. The largest absolute Gasteiger partial charge is 0.468 e. The summed E-state index contributed by atoms with van der Waals surface area (Å²) in [7, 11) is 1.30. The highest BCUT2D eigenvalue weighted by Gasteiger charge is 2.41. The Hall–Kier alpha value is -1.86. The zero-order valence-corrected chi connectivity index (χ0v) is 12.1. The van der Waals surface area contributed by atoms with Gasteiger partial charge in [-0.05, 0) is 19.1 Å². The van der Waals surface area contributed by atoms with Crippen molar-refractivity contribution in [1.82, 2.24) is 10.2 Å². The summed E-state index contributed by atoms with van der Waals surface area (Å²) < 4.78 is 9.86. The predicted octanol–water partition coefficient (Wildman–Crippen LogP) is -0.107. The second-order valence-corrected chi connectivity index (χ2v) is 5.10. The smallest absolute Gasteiger partial charge is 0.323 e. The average Bonchev–Trinajstić information content (AvgIpc) is 3.12. The van der Waals surface area contributed by atoms with E-state index in [-0.39, 0.29) is 25.4 Å². The number of amides is 1. The molecule has 1 aliphatic heterocycles. The summed E-state index contributed by atoms with van der Waals surface area (Å²) >= 11 is 0. The standard InChI is InChI=1S/C14H20N2O5/c1-9(13(18)15-7-11-4-3-5-21-11)16-8-10(17)6-12(16)14(19)20-2/h3-5,9-10,12,17H,6-8H2,1-2H3,(H,15,18). The number of carbonyl (C=O) groups is 2. The molecule has 0 aliphatic carbocycles. The van der Waals surface area contributed by atoms with E-state index in [1.165, 1.54) is 13.4 Å². The summed E-state index contributed by atoms with van der Waals surface area (Å²) in [5.41, 5.74) is 0. The fourth-order valence-electron chi connectivity index (χ4n) is 2.52. The van der Waals surface area contributed by atoms with Crippen LogP contribution < -0.4 is 5.32 Å². The first-order chi connectivity index (χ1) is 10.0. The molecule has 1 fully saturated rings. The number of aliphatic hydroxyl groups excluding tert-OH is 1.